The van der Waals surface area contributed by atoms with Crippen molar-refractivity contribution in [1.29, 1.82) is 0 Å². The van der Waals surface area contributed by atoms with Gasteiger partial charge in [-0.25, -0.2) is 23.1 Å². The van der Waals surface area contributed by atoms with Gasteiger partial charge in [-0.1, -0.05) is 11.6 Å². The minimum Gasteiger partial charge on any atom is -0.392 e. The molecule has 6 nitrogen and oxygen atoms in total. The van der Waals surface area contributed by atoms with E-state index in [1.807, 2.05) is 16.7 Å². The zero-order valence-electron chi connectivity index (χ0n) is 19.8. The van der Waals surface area contributed by atoms with Gasteiger partial charge in [0.15, 0.2) is 17.5 Å². The molecule has 13 heteroatoms. The van der Waals surface area contributed by atoms with Gasteiger partial charge in [-0.3, -0.25) is 0 Å². The molecule has 0 bridgehead atoms. The Hall–Kier alpha value is -3.51. The van der Waals surface area contributed by atoms with Gasteiger partial charge in [0, 0.05) is 37.4 Å². The van der Waals surface area contributed by atoms with E-state index in [2.05, 4.69) is 15.0 Å². The molecule has 1 aliphatic rings. The van der Waals surface area contributed by atoms with Crippen LogP contribution in [-0.2, 0) is 12.8 Å². The van der Waals surface area contributed by atoms with Crippen molar-refractivity contribution < 1.29 is 31.4 Å². The predicted molar refractivity (Wildman–Crippen MR) is 131 cm³/mol. The number of benzene rings is 2. The molecule has 2 aromatic carbocycles. The lowest BCUT2D eigenvalue weighted by atomic mass is 10.0. The summed E-state index contributed by atoms with van der Waals surface area (Å²) in [5.41, 5.74) is -0.888. The molecule has 0 radical (unpaired) electrons. The van der Waals surface area contributed by atoms with Crippen LogP contribution in [0.1, 0.15) is 18.1 Å². The number of hydrogen-bond donors (Lipinski definition) is 2. The summed E-state index contributed by atoms with van der Waals surface area (Å²) in [6.45, 7) is 3.02. The number of anilines is 2. The van der Waals surface area contributed by atoms with E-state index in [-0.39, 0.29) is 40.8 Å². The number of halogens is 7. The SMILES string of the molecule is C[C@@H]1CN(c2ncc(CO)cc2Cl)CCN1c1nc2c(-c3cc(F)c(F)c(F)c3)cc(C(F)(F)F)cc2[nH]1. The highest BCUT2D eigenvalue weighted by Crippen LogP contribution is 2.38. The Morgan fingerprint density at radius 3 is 2.39 bits per heavy atom. The second kappa shape index (κ2) is 9.66. The molecular weight excluding hydrogens is 536 g/mol. The van der Waals surface area contributed by atoms with Crippen LogP contribution in [-0.4, -0.2) is 45.7 Å². The highest BCUT2D eigenvalue weighted by molar-refractivity contribution is 6.33. The minimum atomic E-state index is -4.75. The monoisotopic (exact) mass is 555 g/mol. The number of nitrogens with one attached hydrogen (secondary N) is 1. The fraction of sp³-hybridized carbons (Fsp3) is 0.280. The molecule has 0 saturated carbocycles. The van der Waals surface area contributed by atoms with Crippen LogP contribution in [0.2, 0.25) is 5.02 Å². The number of nitrogens with zero attached hydrogens (tertiary/aromatic N) is 4. The van der Waals surface area contributed by atoms with Crippen molar-refractivity contribution in [2.24, 2.45) is 0 Å². The van der Waals surface area contributed by atoms with E-state index in [1.165, 1.54) is 6.20 Å². The van der Waals surface area contributed by atoms with Gasteiger partial charge < -0.3 is 19.9 Å². The Labute approximate surface area is 217 Å². The van der Waals surface area contributed by atoms with Gasteiger partial charge in [0.25, 0.3) is 0 Å². The highest BCUT2D eigenvalue weighted by atomic mass is 35.5. The predicted octanol–water partition coefficient (Wildman–Crippen LogP) is 5.92. The van der Waals surface area contributed by atoms with Crippen molar-refractivity contribution in [3.8, 4) is 11.1 Å². The van der Waals surface area contributed by atoms with Gasteiger partial charge in [-0.05, 0) is 48.4 Å². The normalized spacial score (nSPS) is 16.5. The molecule has 1 atom stereocenters. The summed E-state index contributed by atoms with van der Waals surface area (Å²) in [6, 6.07) is 4.33. The zero-order chi connectivity index (χ0) is 27.4. The van der Waals surface area contributed by atoms with Crippen LogP contribution < -0.4 is 9.80 Å². The largest absolute Gasteiger partial charge is 0.416 e. The smallest absolute Gasteiger partial charge is 0.392 e. The third kappa shape index (κ3) is 4.73. The van der Waals surface area contributed by atoms with Gasteiger partial charge in [-0.2, -0.15) is 13.2 Å². The van der Waals surface area contributed by atoms with Gasteiger partial charge in [0.05, 0.1) is 28.2 Å². The number of rotatable bonds is 4. The summed E-state index contributed by atoms with van der Waals surface area (Å²) < 4.78 is 82.4. The average molecular weight is 556 g/mol. The summed E-state index contributed by atoms with van der Waals surface area (Å²) in [7, 11) is 0. The number of imidazole rings is 1. The van der Waals surface area contributed by atoms with Crippen molar-refractivity contribution in [3.63, 3.8) is 0 Å². The number of aliphatic hydroxyl groups is 1. The number of hydrogen-bond acceptors (Lipinski definition) is 5. The molecular formula is C25H20ClF6N5O. The lowest BCUT2D eigenvalue weighted by Gasteiger charge is -2.40. The van der Waals surface area contributed by atoms with Crippen molar-refractivity contribution in [2.75, 3.05) is 29.4 Å². The standard InChI is InChI=1S/C25H20ClF6N5O/c1-12-10-36(23-17(26)4-13(11-38)9-33-23)2-3-37(12)24-34-20-8-15(25(30,31)32)7-16(22(20)35-24)14-5-18(27)21(29)19(28)6-14/h4-9,12,38H,2-3,10-11H2,1H3,(H,34,35)/t12-/m1/s1. The number of H-pyrrole nitrogens is 1. The number of alkyl halides is 3. The number of aromatic amines is 1. The van der Waals surface area contributed by atoms with Crippen molar-refractivity contribution >= 4 is 34.4 Å². The topological polar surface area (TPSA) is 68.3 Å². The summed E-state index contributed by atoms with van der Waals surface area (Å²) >= 11 is 6.34. The maximum absolute atomic E-state index is 13.9. The molecule has 0 unspecified atom stereocenters. The van der Waals surface area contributed by atoms with Gasteiger partial charge in [0.2, 0.25) is 5.95 Å². The Balaban J connectivity index is 1.52. The molecule has 4 aromatic rings. The van der Waals surface area contributed by atoms with E-state index in [1.54, 1.807) is 6.07 Å². The van der Waals surface area contributed by atoms with Crippen molar-refractivity contribution in [1.82, 2.24) is 15.0 Å². The van der Waals surface area contributed by atoms with Crippen LogP contribution in [0.4, 0.5) is 38.1 Å². The second-order valence-electron chi connectivity index (χ2n) is 9.03. The van der Waals surface area contributed by atoms with Crippen LogP contribution in [0.15, 0.2) is 36.5 Å². The second-order valence-corrected chi connectivity index (χ2v) is 9.43. The van der Waals surface area contributed by atoms with Gasteiger partial charge in [0.1, 0.15) is 5.82 Å². The van der Waals surface area contributed by atoms with Crippen molar-refractivity contribution in [3.05, 3.63) is 70.1 Å². The van der Waals surface area contributed by atoms with E-state index in [9.17, 15) is 31.4 Å². The van der Waals surface area contributed by atoms with Gasteiger partial charge >= 0.3 is 6.18 Å². The minimum absolute atomic E-state index is 0.00824. The van der Waals surface area contributed by atoms with Crippen LogP contribution >= 0.6 is 11.6 Å². The molecule has 1 aliphatic heterocycles. The molecule has 3 heterocycles. The summed E-state index contributed by atoms with van der Waals surface area (Å²) in [5, 5.41) is 9.65. The van der Waals surface area contributed by atoms with Crippen LogP contribution in [0.25, 0.3) is 22.2 Å². The molecule has 5 rings (SSSR count). The Bertz CT molecular complexity index is 1500. The molecule has 0 aliphatic carbocycles. The lowest BCUT2D eigenvalue weighted by molar-refractivity contribution is -0.137. The van der Waals surface area contributed by atoms with E-state index in [4.69, 9.17) is 11.6 Å². The molecule has 1 fully saturated rings. The van der Waals surface area contributed by atoms with Crippen LogP contribution in [0, 0.1) is 17.5 Å². The quantitative estimate of drug-likeness (QED) is 0.242. The average Bonchev–Trinajstić information content (AvgIpc) is 3.29. The summed E-state index contributed by atoms with van der Waals surface area (Å²) in [6.07, 6.45) is -3.22. The molecule has 2 N–H and O–H groups in total. The van der Waals surface area contributed by atoms with Crippen LogP contribution in [0.3, 0.4) is 0 Å². The zero-order valence-corrected chi connectivity index (χ0v) is 20.5. The molecule has 2 aromatic heterocycles. The Morgan fingerprint density at radius 2 is 1.79 bits per heavy atom. The molecule has 1 saturated heterocycles. The first-order chi connectivity index (χ1) is 18.0. The Morgan fingerprint density at radius 1 is 1.08 bits per heavy atom. The van der Waals surface area contributed by atoms with Gasteiger partial charge in [-0.15, -0.1) is 0 Å². The third-order valence-corrected chi connectivity index (χ3v) is 6.73. The van der Waals surface area contributed by atoms with Crippen molar-refractivity contribution in [2.45, 2.75) is 25.7 Å². The highest BCUT2D eigenvalue weighted by Gasteiger charge is 2.33. The number of piperazine rings is 1. The molecule has 0 spiro atoms. The van der Waals surface area contributed by atoms with E-state index < -0.39 is 29.2 Å². The first-order valence-electron chi connectivity index (χ1n) is 11.5. The maximum atomic E-state index is 13.9. The van der Waals surface area contributed by atoms with E-state index in [0.717, 1.165) is 12.1 Å². The molecule has 200 valence electrons. The summed E-state index contributed by atoms with van der Waals surface area (Å²) in [4.78, 5) is 15.5. The molecule has 38 heavy (non-hydrogen) atoms. The first kappa shape index (κ1) is 26.1. The maximum Gasteiger partial charge on any atom is 0.416 e. The van der Waals surface area contributed by atoms with E-state index in [0.29, 0.717) is 48.2 Å². The third-order valence-electron chi connectivity index (χ3n) is 6.46. The Kier molecular flexibility index (Phi) is 6.64. The lowest BCUT2D eigenvalue weighted by Crippen LogP contribution is -2.52. The first-order valence-corrected chi connectivity index (χ1v) is 11.9. The van der Waals surface area contributed by atoms with E-state index >= 15 is 0 Å². The summed E-state index contributed by atoms with van der Waals surface area (Å²) in [5.74, 6) is -3.95. The molecule has 0 amide bonds. The number of aliphatic hydroxyl groups excluding tert-OH is 1. The number of aromatic nitrogens is 3. The fourth-order valence-corrected chi connectivity index (χ4v) is 4.90. The fourth-order valence-electron chi connectivity index (χ4n) is 4.59. The van der Waals surface area contributed by atoms with Crippen LogP contribution in [0.5, 0.6) is 0 Å². The number of pyridine rings is 1. The number of fused-ring (bicyclic) bond motifs is 1.